The molecule has 110 valence electrons. The lowest BCUT2D eigenvalue weighted by Crippen LogP contribution is -2.15. The summed E-state index contributed by atoms with van der Waals surface area (Å²) in [4.78, 5) is 20.0. The predicted octanol–water partition coefficient (Wildman–Crippen LogP) is 1.56. The van der Waals surface area contributed by atoms with E-state index >= 15 is 0 Å². The summed E-state index contributed by atoms with van der Waals surface area (Å²) >= 11 is 0. The van der Waals surface area contributed by atoms with Gasteiger partial charge in [0.25, 0.3) is 0 Å². The normalized spacial score (nSPS) is 17.8. The van der Waals surface area contributed by atoms with Gasteiger partial charge in [0, 0.05) is 13.0 Å². The molecule has 0 unspecified atom stereocenters. The lowest BCUT2D eigenvalue weighted by molar-refractivity contribution is -0.116. The Morgan fingerprint density at radius 2 is 2.43 bits per heavy atom. The third-order valence-electron chi connectivity index (χ3n) is 3.40. The van der Waals surface area contributed by atoms with E-state index in [-0.39, 0.29) is 12.0 Å². The quantitative estimate of drug-likeness (QED) is 0.902. The van der Waals surface area contributed by atoms with Gasteiger partial charge in [0.15, 0.2) is 5.82 Å². The predicted molar refractivity (Wildman–Crippen MR) is 76.0 cm³/mol. The second-order valence-corrected chi connectivity index (χ2v) is 4.97. The summed E-state index contributed by atoms with van der Waals surface area (Å²) in [5.41, 5.74) is 0.677. The Morgan fingerprint density at radius 1 is 1.48 bits per heavy atom. The van der Waals surface area contributed by atoms with Crippen molar-refractivity contribution >= 4 is 11.6 Å². The standard InChI is InChI=1S/C14H17N5O2/c20-14(6-4-12-2-1-7-21-12)18-11-3-5-13(16-8-11)19-10-15-9-17-19/h3,5,8-10,12H,1-2,4,6-7H2,(H,18,20)/t12-/m1/s1. The van der Waals surface area contributed by atoms with Gasteiger partial charge in [-0.2, -0.15) is 5.10 Å². The Balaban J connectivity index is 1.51. The van der Waals surface area contributed by atoms with Crippen molar-refractivity contribution in [2.75, 3.05) is 11.9 Å². The summed E-state index contributed by atoms with van der Waals surface area (Å²) < 4.78 is 7.06. The number of hydrogen-bond donors (Lipinski definition) is 1. The number of pyridine rings is 1. The summed E-state index contributed by atoms with van der Waals surface area (Å²) in [6.45, 7) is 0.819. The van der Waals surface area contributed by atoms with E-state index in [1.807, 2.05) is 0 Å². The molecule has 1 aliphatic rings. The molecule has 0 radical (unpaired) electrons. The summed E-state index contributed by atoms with van der Waals surface area (Å²) in [6, 6.07) is 3.58. The van der Waals surface area contributed by atoms with Crippen LogP contribution in [-0.4, -0.2) is 38.4 Å². The molecule has 2 aromatic rings. The van der Waals surface area contributed by atoms with Crippen LogP contribution in [0.5, 0.6) is 0 Å². The molecule has 7 heteroatoms. The number of ether oxygens (including phenoxy) is 1. The van der Waals surface area contributed by atoms with Crippen molar-refractivity contribution in [2.45, 2.75) is 31.8 Å². The molecule has 0 aromatic carbocycles. The third-order valence-corrected chi connectivity index (χ3v) is 3.40. The summed E-state index contributed by atoms with van der Waals surface area (Å²) in [5, 5.41) is 6.83. The number of aromatic nitrogens is 4. The highest BCUT2D eigenvalue weighted by atomic mass is 16.5. The molecule has 7 nitrogen and oxygen atoms in total. The molecular weight excluding hydrogens is 270 g/mol. The molecule has 0 spiro atoms. The van der Waals surface area contributed by atoms with Crippen LogP contribution in [0.3, 0.4) is 0 Å². The number of anilines is 1. The van der Waals surface area contributed by atoms with E-state index in [9.17, 15) is 4.79 Å². The number of nitrogens with one attached hydrogen (secondary N) is 1. The van der Waals surface area contributed by atoms with Crippen LogP contribution in [0.15, 0.2) is 31.0 Å². The molecule has 0 aliphatic carbocycles. The highest BCUT2D eigenvalue weighted by Gasteiger charge is 2.16. The summed E-state index contributed by atoms with van der Waals surface area (Å²) in [6.07, 6.45) is 8.27. The Labute approximate surface area is 122 Å². The van der Waals surface area contributed by atoms with E-state index in [0.717, 1.165) is 25.9 Å². The fourth-order valence-electron chi connectivity index (χ4n) is 2.31. The van der Waals surface area contributed by atoms with Gasteiger partial charge < -0.3 is 10.1 Å². The molecule has 1 atom stereocenters. The SMILES string of the molecule is O=C(CC[C@H]1CCCO1)Nc1ccc(-n2cncn2)nc1. The van der Waals surface area contributed by atoms with Crippen molar-refractivity contribution in [3.05, 3.63) is 31.0 Å². The second kappa shape index (κ2) is 6.45. The Hall–Kier alpha value is -2.28. The van der Waals surface area contributed by atoms with Gasteiger partial charge in [0.2, 0.25) is 5.91 Å². The van der Waals surface area contributed by atoms with Gasteiger partial charge in [0.05, 0.1) is 18.0 Å². The van der Waals surface area contributed by atoms with Crippen molar-refractivity contribution in [3.63, 3.8) is 0 Å². The van der Waals surface area contributed by atoms with Crippen LogP contribution in [-0.2, 0) is 9.53 Å². The van der Waals surface area contributed by atoms with E-state index in [2.05, 4.69) is 20.4 Å². The van der Waals surface area contributed by atoms with Crippen molar-refractivity contribution in [3.8, 4) is 5.82 Å². The van der Waals surface area contributed by atoms with E-state index in [0.29, 0.717) is 17.9 Å². The maximum absolute atomic E-state index is 11.9. The van der Waals surface area contributed by atoms with Gasteiger partial charge in [-0.05, 0) is 31.4 Å². The minimum absolute atomic E-state index is 0.0131. The summed E-state index contributed by atoms with van der Waals surface area (Å²) in [5.74, 6) is 0.644. The first-order valence-corrected chi connectivity index (χ1v) is 7.04. The molecule has 0 bridgehead atoms. The zero-order chi connectivity index (χ0) is 14.5. The van der Waals surface area contributed by atoms with Gasteiger partial charge in [-0.15, -0.1) is 0 Å². The lowest BCUT2D eigenvalue weighted by Gasteiger charge is -2.09. The molecule has 1 saturated heterocycles. The zero-order valence-corrected chi connectivity index (χ0v) is 11.6. The molecule has 1 N–H and O–H groups in total. The van der Waals surface area contributed by atoms with Crippen molar-refractivity contribution in [2.24, 2.45) is 0 Å². The van der Waals surface area contributed by atoms with Crippen LogP contribution >= 0.6 is 0 Å². The van der Waals surface area contributed by atoms with Crippen LogP contribution < -0.4 is 5.32 Å². The topological polar surface area (TPSA) is 81.9 Å². The van der Waals surface area contributed by atoms with Crippen LogP contribution in [0.4, 0.5) is 5.69 Å². The van der Waals surface area contributed by atoms with Gasteiger partial charge >= 0.3 is 0 Å². The Morgan fingerprint density at radius 3 is 3.10 bits per heavy atom. The van der Waals surface area contributed by atoms with Crippen LogP contribution in [0.25, 0.3) is 5.82 Å². The monoisotopic (exact) mass is 287 g/mol. The smallest absolute Gasteiger partial charge is 0.224 e. The Bertz CT molecular complexity index is 576. The molecule has 21 heavy (non-hydrogen) atoms. The molecule has 1 fully saturated rings. The van der Waals surface area contributed by atoms with Gasteiger partial charge in [-0.3, -0.25) is 4.79 Å². The number of rotatable bonds is 5. The molecule has 0 saturated carbocycles. The first-order valence-electron chi connectivity index (χ1n) is 7.04. The first kappa shape index (κ1) is 13.7. The van der Waals surface area contributed by atoms with E-state index < -0.39 is 0 Å². The van der Waals surface area contributed by atoms with Crippen LogP contribution in [0.1, 0.15) is 25.7 Å². The molecule has 3 heterocycles. The fourth-order valence-corrected chi connectivity index (χ4v) is 2.31. The van der Waals surface area contributed by atoms with Gasteiger partial charge in [-0.1, -0.05) is 0 Å². The van der Waals surface area contributed by atoms with E-state index in [1.165, 1.54) is 6.33 Å². The molecule has 1 amide bonds. The van der Waals surface area contributed by atoms with Gasteiger partial charge in [0.1, 0.15) is 12.7 Å². The minimum atomic E-state index is -0.0131. The van der Waals surface area contributed by atoms with E-state index in [4.69, 9.17) is 4.74 Å². The number of carbonyl (C=O) groups is 1. The summed E-state index contributed by atoms with van der Waals surface area (Å²) in [7, 11) is 0. The molecule has 3 rings (SSSR count). The van der Waals surface area contributed by atoms with E-state index in [1.54, 1.807) is 29.3 Å². The lowest BCUT2D eigenvalue weighted by atomic mass is 10.1. The fraction of sp³-hybridized carbons (Fsp3) is 0.429. The van der Waals surface area contributed by atoms with Crippen LogP contribution in [0, 0.1) is 0 Å². The number of nitrogens with zero attached hydrogens (tertiary/aromatic N) is 4. The average Bonchev–Trinajstić information content (AvgIpc) is 3.19. The van der Waals surface area contributed by atoms with Crippen molar-refractivity contribution in [1.82, 2.24) is 19.7 Å². The number of carbonyl (C=O) groups excluding carboxylic acids is 1. The minimum Gasteiger partial charge on any atom is -0.378 e. The number of amides is 1. The highest BCUT2D eigenvalue weighted by Crippen LogP contribution is 2.17. The maximum Gasteiger partial charge on any atom is 0.224 e. The largest absolute Gasteiger partial charge is 0.378 e. The third kappa shape index (κ3) is 3.63. The molecule has 1 aliphatic heterocycles. The molecule has 2 aromatic heterocycles. The first-order chi connectivity index (χ1) is 10.3. The van der Waals surface area contributed by atoms with Crippen LogP contribution in [0.2, 0.25) is 0 Å². The molecular formula is C14H17N5O2. The average molecular weight is 287 g/mol. The van der Waals surface area contributed by atoms with Gasteiger partial charge in [-0.25, -0.2) is 14.6 Å². The highest BCUT2D eigenvalue weighted by molar-refractivity contribution is 5.90. The van der Waals surface area contributed by atoms with Crippen molar-refractivity contribution in [1.29, 1.82) is 0 Å². The van der Waals surface area contributed by atoms with Crippen molar-refractivity contribution < 1.29 is 9.53 Å². The maximum atomic E-state index is 11.9. The number of hydrogen-bond acceptors (Lipinski definition) is 5. The second-order valence-electron chi connectivity index (χ2n) is 4.97. The Kier molecular flexibility index (Phi) is 4.20. The zero-order valence-electron chi connectivity index (χ0n) is 11.6.